The van der Waals surface area contributed by atoms with Gasteiger partial charge in [-0.2, -0.15) is 0 Å². The number of benzene rings is 1. The summed E-state index contributed by atoms with van der Waals surface area (Å²) in [5.74, 6) is 0.458. The molecule has 1 aromatic rings. The molecule has 0 aliphatic carbocycles. The third-order valence-electron chi connectivity index (χ3n) is 3.62. The molecule has 168 valence electrons. The average Bonchev–Trinajstić information content (AvgIpc) is 2.60. The molecule has 0 aromatic heterocycles. The van der Waals surface area contributed by atoms with Crippen LogP contribution in [0.25, 0.3) is 0 Å². The Morgan fingerprint density at radius 3 is 2.62 bits per heavy atom. The number of nitrogens with zero attached hydrogens (tertiary/aromatic N) is 1. The van der Waals surface area contributed by atoms with Crippen LogP contribution in [0.2, 0.25) is 0 Å². The van der Waals surface area contributed by atoms with Gasteiger partial charge in [-0.15, -0.1) is 24.0 Å². The van der Waals surface area contributed by atoms with Gasteiger partial charge in [-0.25, -0.2) is 12.8 Å². The van der Waals surface area contributed by atoms with E-state index in [-0.39, 0.29) is 42.0 Å². The summed E-state index contributed by atoms with van der Waals surface area (Å²) in [6, 6.07) is 4.25. The minimum atomic E-state index is -3.60. The Hall–Kier alpha value is -1.14. The number of sulfonamides is 1. The monoisotopic (exact) mass is 544 g/mol. The predicted octanol–water partition coefficient (Wildman–Crippen LogP) is 3.11. The smallest absolute Gasteiger partial charge is 0.234 e. The van der Waals surface area contributed by atoms with Crippen molar-refractivity contribution in [1.29, 1.82) is 0 Å². The zero-order valence-corrected chi connectivity index (χ0v) is 20.8. The first-order valence-electron chi connectivity index (χ1n) is 9.60. The van der Waals surface area contributed by atoms with Crippen LogP contribution in [0.3, 0.4) is 0 Å². The van der Waals surface area contributed by atoms with Gasteiger partial charge in [0.05, 0.1) is 11.4 Å². The second-order valence-corrected chi connectivity index (χ2v) is 8.74. The van der Waals surface area contributed by atoms with Crippen LogP contribution in [-0.2, 0) is 14.8 Å². The molecule has 0 spiro atoms. The molecular formula is C19H34FIN4O3S. The number of guanidine groups is 1. The Morgan fingerprint density at radius 1 is 1.28 bits per heavy atom. The standard InChI is InChI=1S/C19H33FN4O3S.HI/c1-5-21-19(22-9-6-11-27-14-15(2)3)23-10-12-28(25,26)24-17-8-7-16(4)18(20)13-17;/h7-8,13,15,24H,5-6,9-12,14H2,1-4H3,(H2,21,22,23);1H. The van der Waals surface area contributed by atoms with Crippen LogP contribution >= 0.6 is 24.0 Å². The van der Waals surface area contributed by atoms with E-state index < -0.39 is 15.8 Å². The summed E-state index contributed by atoms with van der Waals surface area (Å²) in [4.78, 5) is 4.40. The van der Waals surface area contributed by atoms with Crippen molar-refractivity contribution in [1.82, 2.24) is 10.6 Å². The number of rotatable bonds is 12. The van der Waals surface area contributed by atoms with E-state index in [1.165, 1.54) is 18.2 Å². The first kappa shape index (κ1) is 27.9. The molecule has 0 amide bonds. The van der Waals surface area contributed by atoms with Crippen LogP contribution in [0.15, 0.2) is 23.2 Å². The lowest BCUT2D eigenvalue weighted by atomic mass is 10.2. The molecule has 7 nitrogen and oxygen atoms in total. The second-order valence-electron chi connectivity index (χ2n) is 6.89. The van der Waals surface area contributed by atoms with Gasteiger partial charge in [-0.05, 0) is 43.9 Å². The third-order valence-corrected chi connectivity index (χ3v) is 4.91. The molecule has 0 aliphatic heterocycles. The van der Waals surface area contributed by atoms with Crippen LogP contribution in [-0.4, -0.2) is 53.0 Å². The van der Waals surface area contributed by atoms with Gasteiger partial charge in [0, 0.05) is 32.8 Å². The lowest BCUT2D eigenvalue weighted by molar-refractivity contribution is 0.109. The van der Waals surface area contributed by atoms with E-state index in [0.29, 0.717) is 37.1 Å². The number of hydrogen-bond acceptors (Lipinski definition) is 4. The normalized spacial score (nSPS) is 11.9. The average molecular weight is 544 g/mol. The van der Waals surface area contributed by atoms with Crippen molar-refractivity contribution in [3.63, 3.8) is 0 Å². The zero-order chi connectivity index (χ0) is 21.0. The second kappa shape index (κ2) is 14.8. The highest BCUT2D eigenvalue weighted by molar-refractivity contribution is 14.0. The van der Waals surface area contributed by atoms with Crippen LogP contribution in [0.5, 0.6) is 0 Å². The first-order valence-corrected chi connectivity index (χ1v) is 11.2. The minimum Gasteiger partial charge on any atom is -0.381 e. The molecule has 0 atom stereocenters. The van der Waals surface area contributed by atoms with Crippen molar-refractivity contribution >= 4 is 45.6 Å². The van der Waals surface area contributed by atoms with Crippen molar-refractivity contribution in [3.8, 4) is 0 Å². The highest BCUT2D eigenvalue weighted by Crippen LogP contribution is 2.14. The number of hydrogen-bond donors (Lipinski definition) is 3. The number of ether oxygens (including phenoxy) is 1. The van der Waals surface area contributed by atoms with Gasteiger partial charge >= 0.3 is 0 Å². The number of nitrogens with one attached hydrogen (secondary N) is 3. The maximum absolute atomic E-state index is 13.6. The zero-order valence-electron chi connectivity index (χ0n) is 17.6. The first-order chi connectivity index (χ1) is 13.2. The Morgan fingerprint density at radius 2 is 2.00 bits per heavy atom. The van der Waals surface area contributed by atoms with E-state index >= 15 is 0 Å². The molecule has 0 heterocycles. The van der Waals surface area contributed by atoms with Gasteiger partial charge in [0.1, 0.15) is 5.82 Å². The Labute approximate surface area is 191 Å². The van der Waals surface area contributed by atoms with Gasteiger partial charge in [0.2, 0.25) is 10.0 Å². The molecule has 10 heteroatoms. The number of anilines is 1. The molecule has 1 rings (SSSR count). The van der Waals surface area contributed by atoms with Crippen molar-refractivity contribution in [2.24, 2.45) is 10.9 Å². The van der Waals surface area contributed by atoms with E-state index in [0.717, 1.165) is 13.0 Å². The van der Waals surface area contributed by atoms with E-state index in [9.17, 15) is 12.8 Å². The third kappa shape index (κ3) is 12.9. The summed E-state index contributed by atoms with van der Waals surface area (Å²) in [6.07, 6.45) is 0.794. The molecule has 0 saturated carbocycles. The molecule has 1 aromatic carbocycles. The molecule has 0 radical (unpaired) electrons. The lowest BCUT2D eigenvalue weighted by Crippen LogP contribution is -2.40. The predicted molar refractivity (Wildman–Crippen MR) is 128 cm³/mol. The summed E-state index contributed by atoms with van der Waals surface area (Å²) < 4.78 is 45.8. The van der Waals surface area contributed by atoms with E-state index in [4.69, 9.17) is 4.74 Å². The Kier molecular flexibility index (Phi) is 14.2. The number of halogens is 2. The fourth-order valence-electron chi connectivity index (χ4n) is 2.21. The summed E-state index contributed by atoms with van der Waals surface area (Å²) in [5.41, 5.74) is 0.677. The van der Waals surface area contributed by atoms with Gasteiger partial charge in [0.15, 0.2) is 5.96 Å². The topological polar surface area (TPSA) is 91.8 Å². The fourth-order valence-corrected chi connectivity index (χ4v) is 3.17. The van der Waals surface area contributed by atoms with Crippen molar-refractivity contribution in [3.05, 3.63) is 29.6 Å². The van der Waals surface area contributed by atoms with E-state index in [1.807, 2.05) is 6.92 Å². The highest BCUT2D eigenvalue weighted by atomic mass is 127. The quantitative estimate of drug-likeness (QED) is 0.163. The molecule has 0 unspecified atom stereocenters. The fraction of sp³-hybridized carbons (Fsp3) is 0.632. The van der Waals surface area contributed by atoms with Crippen molar-refractivity contribution in [2.75, 3.05) is 43.3 Å². The van der Waals surface area contributed by atoms with Gasteiger partial charge in [-0.3, -0.25) is 9.71 Å². The molecule has 0 aliphatic rings. The van der Waals surface area contributed by atoms with E-state index in [1.54, 1.807) is 6.92 Å². The summed E-state index contributed by atoms with van der Waals surface area (Å²) in [6.45, 7) is 10.6. The number of aryl methyl sites for hydroxylation is 1. The van der Waals surface area contributed by atoms with E-state index in [2.05, 4.69) is 34.2 Å². The Bertz CT molecular complexity index is 730. The lowest BCUT2D eigenvalue weighted by Gasteiger charge is -2.13. The number of aliphatic imine (C=N–C) groups is 1. The summed E-state index contributed by atoms with van der Waals surface area (Å²) in [5, 5.41) is 6.07. The van der Waals surface area contributed by atoms with Crippen LogP contribution in [0.4, 0.5) is 10.1 Å². The van der Waals surface area contributed by atoms with Crippen LogP contribution in [0.1, 0.15) is 32.8 Å². The highest BCUT2D eigenvalue weighted by Gasteiger charge is 2.11. The Balaban J connectivity index is 0.00000784. The summed E-state index contributed by atoms with van der Waals surface area (Å²) >= 11 is 0. The van der Waals surface area contributed by atoms with Gasteiger partial charge in [0.25, 0.3) is 0 Å². The van der Waals surface area contributed by atoms with Gasteiger partial charge in [-0.1, -0.05) is 19.9 Å². The molecule has 0 fully saturated rings. The largest absolute Gasteiger partial charge is 0.381 e. The maximum Gasteiger partial charge on any atom is 0.234 e. The molecule has 29 heavy (non-hydrogen) atoms. The van der Waals surface area contributed by atoms with Crippen molar-refractivity contribution < 1.29 is 17.5 Å². The maximum atomic E-state index is 13.6. The van der Waals surface area contributed by atoms with Crippen LogP contribution < -0.4 is 15.4 Å². The summed E-state index contributed by atoms with van der Waals surface area (Å²) in [7, 11) is -3.60. The van der Waals surface area contributed by atoms with Crippen molar-refractivity contribution in [2.45, 2.75) is 34.1 Å². The molecule has 0 bridgehead atoms. The SMILES string of the molecule is CCNC(=NCCCOCC(C)C)NCCS(=O)(=O)Nc1ccc(C)c(F)c1.I. The molecular weight excluding hydrogens is 510 g/mol. The van der Waals surface area contributed by atoms with Crippen LogP contribution in [0, 0.1) is 18.7 Å². The molecule has 3 N–H and O–H groups in total. The van der Waals surface area contributed by atoms with Gasteiger partial charge < -0.3 is 15.4 Å². The minimum absolute atomic E-state index is 0. The molecule has 0 saturated heterocycles.